The third kappa shape index (κ3) is 2.84. The molecule has 1 fully saturated rings. The number of allylic oxidation sites excluding steroid dienone is 1. The van der Waals surface area contributed by atoms with Gasteiger partial charge in [-0.3, -0.25) is 0 Å². The summed E-state index contributed by atoms with van der Waals surface area (Å²) in [4.78, 5) is 0. The summed E-state index contributed by atoms with van der Waals surface area (Å²) in [6, 6.07) is 0.428. The van der Waals surface area contributed by atoms with E-state index in [2.05, 4.69) is 27.4 Å². The summed E-state index contributed by atoms with van der Waals surface area (Å²) in [5.41, 5.74) is 7.89. The average Bonchev–Trinajstić information content (AvgIpc) is 2.12. The first-order valence-electron chi connectivity index (χ1n) is 5.88. The van der Waals surface area contributed by atoms with Gasteiger partial charge in [0.25, 0.3) is 0 Å². The van der Waals surface area contributed by atoms with Crippen LogP contribution >= 0.6 is 0 Å². The molecule has 1 aliphatic carbocycles. The summed E-state index contributed by atoms with van der Waals surface area (Å²) in [5.74, 6) is 0.749. The Bertz CT molecular complexity index is 205. The third-order valence-corrected chi connectivity index (χ3v) is 3.89. The van der Waals surface area contributed by atoms with E-state index in [-0.39, 0.29) is 0 Å². The van der Waals surface area contributed by atoms with Crippen LogP contribution in [0.3, 0.4) is 0 Å². The fourth-order valence-electron chi connectivity index (χ4n) is 2.42. The molecular formula is C13H25N. The van der Waals surface area contributed by atoms with E-state index in [4.69, 9.17) is 5.73 Å². The van der Waals surface area contributed by atoms with Crippen molar-refractivity contribution < 1.29 is 0 Å². The van der Waals surface area contributed by atoms with Crippen LogP contribution in [-0.4, -0.2) is 6.04 Å². The fraction of sp³-hybridized carbons (Fsp3) is 0.846. The minimum Gasteiger partial charge on any atom is -0.328 e. The quantitative estimate of drug-likeness (QED) is 0.685. The standard InChI is InChI=1S/C13H25N/c1-5-10(2)8-11-9-12(14)6-7-13(11,3)4/h11-12H,2,5-9,14H2,1,3-4H3. The summed E-state index contributed by atoms with van der Waals surface area (Å²) in [6.07, 6.45) is 5.95. The minimum absolute atomic E-state index is 0.428. The van der Waals surface area contributed by atoms with Crippen molar-refractivity contribution in [3.63, 3.8) is 0 Å². The summed E-state index contributed by atoms with van der Waals surface area (Å²) in [7, 11) is 0. The lowest BCUT2D eigenvalue weighted by Crippen LogP contribution is -2.38. The maximum absolute atomic E-state index is 6.03. The van der Waals surface area contributed by atoms with Crippen LogP contribution in [0.15, 0.2) is 12.2 Å². The largest absolute Gasteiger partial charge is 0.328 e. The van der Waals surface area contributed by atoms with Gasteiger partial charge in [-0.2, -0.15) is 0 Å². The van der Waals surface area contributed by atoms with Gasteiger partial charge in [0.1, 0.15) is 0 Å². The molecule has 82 valence electrons. The van der Waals surface area contributed by atoms with Crippen LogP contribution in [0, 0.1) is 11.3 Å². The molecule has 1 aliphatic rings. The molecule has 1 heteroatoms. The first-order chi connectivity index (χ1) is 6.45. The van der Waals surface area contributed by atoms with Gasteiger partial charge in [-0.05, 0) is 43.4 Å². The number of rotatable bonds is 3. The highest BCUT2D eigenvalue weighted by Gasteiger charge is 2.34. The van der Waals surface area contributed by atoms with Gasteiger partial charge >= 0.3 is 0 Å². The molecule has 0 heterocycles. The number of hydrogen-bond acceptors (Lipinski definition) is 1. The molecule has 1 nitrogen and oxygen atoms in total. The van der Waals surface area contributed by atoms with E-state index >= 15 is 0 Å². The Morgan fingerprint density at radius 2 is 2.14 bits per heavy atom. The monoisotopic (exact) mass is 195 g/mol. The molecule has 0 spiro atoms. The molecule has 2 N–H and O–H groups in total. The van der Waals surface area contributed by atoms with E-state index in [9.17, 15) is 0 Å². The van der Waals surface area contributed by atoms with Gasteiger partial charge in [-0.1, -0.05) is 32.9 Å². The van der Waals surface area contributed by atoms with E-state index in [0.29, 0.717) is 11.5 Å². The third-order valence-electron chi connectivity index (χ3n) is 3.89. The summed E-state index contributed by atoms with van der Waals surface area (Å²) >= 11 is 0. The molecule has 0 aromatic heterocycles. The predicted octanol–water partition coefficient (Wildman–Crippen LogP) is 3.50. The smallest absolute Gasteiger partial charge is 0.00419 e. The first kappa shape index (κ1) is 11.8. The van der Waals surface area contributed by atoms with E-state index in [1.54, 1.807) is 0 Å². The van der Waals surface area contributed by atoms with E-state index in [0.717, 1.165) is 12.3 Å². The van der Waals surface area contributed by atoms with Gasteiger partial charge < -0.3 is 5.73 Å². The zero-order valence-corrected chi connectivity index (χ0v) is 9.97. The normalized spacial score (nSPS) is 31.4. The lowest BCUT2D eigenvalue weighted by Gasteiger charge is -2.41. The van der Waals surface area contributed by atoms with Crippen LogP contribution in [0.25, 0.3) is 0 Å². The van der Waals surface area contributed by atoms with Crippen LogP contribution in [0.5, 0.6) is 0 Å². The summed E-state index contributed by atoms with van der Waals surface area (Å²) < 4.78 is 0. The molecule has 0 aromatic carbocycles. The van der Waals surface area contributed by atoms with Crippen molar-refractivity contribution in [3.8, 4) is 0 Å². The Morgan fingerprint density at radius 3 is 2.71 bits per heavy atom. The van der Waals surface area contributed by atoms with E-state index in [1.807, 2.05) is 0 Å². The second-order valence-corrected chi connectivity index (χ2v) is 5.53. The van der Waals surface area contributed by atoms with Crippen molar-refractivity contribution in [2.45, 2.75) is 58.9 Å². The molecule has 0 bridgehead atoms. The van der Waals surface area contributed by atoms with Crippen molar-refractivity contribution in [1.82, 2.24) is 0 Å². The van der Waals surface area contributed by atoms with Crippen molar-refractivity contribution in [2.75, 3.05) is 0 Å². The van der Waals surface area contributed by atoms with Gasteiger partial charge in [-0.15, -0.1) is 0 Å². The maximum atomic E-state index is 6.03. The topological polar surface area (TPSA) is 26.0 Å². The van der Waals surface area contributed by atoms with Gasteiger partial charge in [0, 0.05) is 6.04 Å². The fourth-order valence-corrected chi connectivity index (χ4v) is 2.42. The Morgan fingerprint density at radius 1 is 1.50 bits per heavy atom. The zero-order chi connectivity index (χ0) is 10.8. The second-order valence-electron chi connectivity index (χ2n) is 5.53. The highest BCUT2D eigenvalue weighted by Crippen LogP contribution is 2.43. The average molecular weight is 195 g/mol. The summed E-state index contributed by atoms with van der Waals surface area (Å²) in [5, 5.41) is 0. The second kappa shape index (κ2) is 4.48. The molecule has 14 heavy (non-hydrogen) atoms. The Labute approximate surface area is 88.8 Å². The van der Waals surface area contributed by atoms with Crippen LogP contribution in [0.2, 0.25) is 0 Å². The molecule has 0 amide bonds. The lowest BCUT2D eigenvalue weighted by atomic mass is 9.65. The van der Waals surface area contributed by atoms with Gasteiger partial charge in [0.15, 0.2) is 0 Å². The van der Waals surface area contributed by atoms with Gasteiger partial charge in [0.05, 0.1) is 0 Å². The molecule has 2 unspecified atom stereocenters. The van der Waals surface area contributed by atoms with Crippen LogP contribution in [-0.2, 0) is 0 Å². The van der Waals surface area contributed by atoms with E-state index < -0.39 is 0 Å². The Hall–Kier alpha value is -0.300. The van der Waals surface area contributed by atoms with Gasteiger partial charge in [0.2, 0.25) is 0 Å². The highest BCUT2D eigenvalue weighted by molar-refractivity contribution is 4.99. The molecule has 1 rings (SSSR count). The van der Waals surface area contributed by atoms with Crippen molar-refractivity contribution in [2.24, 2.45) is 17.1 Å². The molecule has 0 aliphatic heterocycles. The Kier molecular flexibility index (Phi) is 3.77. The van der Waals surface area contributed by atoms with Crippen LogP contribution in [0.1, 0.15) is 52.9 Å². The first-order valence-corrected chi connectivity index (χ1v) is 5.88. The molecule has 2 atom stereocenters. The van der Waals surface area contributed by atoms with Crippen molar-refractivity contribution in [1.29, 1.82) is 0 Å². The van der Waals surface area contributed by atoms with Crippen molar-refractivity contribution in [3.05, 3.63) is 12.2 Å². The van der Waals surface area contributed by atoms with Crippen LogP contribution in [0.4, 0.5) is 0 Å². The van der Waals surface area contributed by atoms with Crippen molar-refractivity contribution >= 4 is 0 Å². The molecule has 1 saturated carbocycles. The SMILES string of the molecule is C=C(CC)CC1CC(N)CCC1(C)C. The molecule has 0 saturated heterocycles. The van der Waals surface area contributed by atoms with Crippen LogP contribution < -0.4 is 5.73 Å². The summed E-state index contributed by atoms with van der Waals surface area (Å²) in [6.45, 7) is 11.1. The molecule has 0 radical (unpaired) electrons. The molecular weight excluding hydrogens is 170 g/mol. The Balaban J connectivity index is 2.58. The molecule has 0 aromatic rings. The number of nitrogens with two attached hydrogens (primary N) is 1. The van der Waals surface area contributed by atoms with E-state index in [1.165, 1.54) is 31.3 Å². The highest BCUT2D eigenvalue weighted by atomic mass is 14.7. The minimum atomic E-state index is 0.428. The zero-order valence-electron chi connectivity index (χ0n) is 9.97. The lowest BCUT2D eigenvalue weighted by molar-refractivity contribution is 0.123. The number of hydrogen-bond donors (Lipinski definition) is 1. The maximum Gasteiger partial charge on any atom is 0.00419 e. The van der Waals surface area contributed by atoms with Gasteiger partial charge in [-0.25, -0.2) is 0 Å². The predicted molar refractivity (Wildman–Crippen MR) is 63.1 cm³/mol.